The molecule has 1 heterocycles. The molecule has 0 unspecified atom stereocenters. The molecule has 0 amide bonds. The first-order valence-corrected chi connectivity index (χ1v) is 7.88. The second-order valence-corrected chi connectivity index (χ2v) is 6.80. The van der Waals surface area contributed by atoms with E-state index >= 15 is 0 Å². The maximum Gasteiger partial charge on any atom is 0.337 e. The molecule has 1 fully saturated rings. The summed E-state index contributed by atoms with van der Waals surface area (Å²) in [6, 6.07) is 6.51. The van der Waals surface area contributed by atoms with Gasteiger partial charge >= 0.3 is 5.97 Å². The van der Waals surface area contributed by atoms with Crippen LogP contribution in [0.1, 0.15) is 15.9 Å². The Balaban J connectivity index is 2.14. The first-order chi connectivity index (χ1) is 9.44. The van der Waals surface area contributed by atoms with Crippen molar-refractivity contribution in [3.63, 3.8) is 0 Å². The molecule has 1 aliphatic heterocycles. The number of nitrogens with one attached hydrogen (secondary N) is 1. The first-order valence-electron chi connectivity index (χ1n) is 6.28. The molecule has 1 N–H and O–H groups in total. The topological polar surface area (TPSA) is 75.7 Å². The van der Waals surface area contributed by atoms with Crippen molar-refractivity contribution in [1.29, 1.82) is 0 Å². The van der Waals surface area contributed by atoms with Crippen molar-refractivity contribution in [3.05, 3.63) is 35.4 Å². The van der Waals surface area contributed by atoms with Gasteiger partial charge in [0.15, 0.2) is 0 Å². The van der Waals surface area contributed by atoms with E-state index in [0.717, 1.165) is 0 Å². The molecular weight excluding hydrogens is 280 g/mol. The number of carbonyl (C=O) groups excluding carboxylic acids is 1. The lowest BCUT2D eigenvalue weighted by atomic mass is 10.1. The van der Waals surface area contributed by atoms with Crippen molar-refractivity contribution in [1.82, 2.24) is 9.62 Å². The maximum absolute atomic E-state index is 12.3. The van der Waals surface area contributed by atoms with Crippen molar-refractivity contribution < 1.29 is 17.9 Å². The fourth-order valence-electron chi connectivity index (χ4n) is 1.98. The van der Waals surface area contributed by atoms with Crippen LogP contribution in [0.2, 0.25) is 0 Å². The molecule has 6 nitrogen and oxygen atoms in total. The third kappa shape index (κ3) is 3.17. The van der Waals surface area contributed by atoms with Crippen LogP contribution in [-0.4, -0.2) is 52.0 Å². The second kappa shape index (κ2) is 5.90. The van der Waals surface area contributed by atoms with Gasteiger partial charge in [-0.3, -0.25) is 0 Å². The molecule has 20 heavy (non-hydrogen) atoms. The summed E-state index contributed by atoms with van der Waals surface area (Å²) in [5, 5.41) is 3.04. The van der Waals surface area contributed by atoms with Crippen LogP contribution in [0.5, 0.6) is 0 Å². The predicted molar refractivity (Wildman–Crippen MR) is 74.8 cm³/mol. The average molecular weight is 298 g/mol. The molecule has 1 saturated heterocycles. The normalized spacial score (nSPS) is 15.9. The molecule has 0 aliphatic carbocycles. The largest absolute Gasteiger partial charge is 0.465 e. The van der Waals surface area contributed by atoms with Crippen molar-refractivity contribution in [3.8, 4) is 0 Å². The quantitative estimate of drug-likeness (QED) is 0.786. The SMILES string of the molecule is COC(=O)c1cccc(CS(=O)(=O)N(C)C2CNC2)c1. The third-order valence-electron chi connectivity index (χ3n) is 3.41. The van der Waals surface area contributed by atoms with E-state index in [4.69, 9.17) is 0 Å². The van der Waals surface area contributed by atoms with Crippen LogP contribution < -0.4 is 5.32 Å². The van der Waals surface area contributed by atoms with E-state index in [2.05, 4.69) is 10.1 Å². The zero-order valence-electron chi connectivity index (χ0n) is 11.5. The smallest absolute Gasteiger partial charge is 0.337 e. The lowest BCUT2D eigenvalue weighted by Gasteiger charge is -2.34. The van der Waals surface area contributed by atoms with Gasteiger partial charge in [-0.05, 0) is 17.7 Å². The summed E-state index contributed by atoms with van der Waals surface area (Å²) < 4.78 is 30.6. The molecule has 1 aromatic carbocycles. The summed E-state index contributed by atoms with van der Waals surface area (Å²) in [6.45, 7) is 1.36. The summed E-state index contributed by atoms with van der Waals surface area (Å²) in [5.74, 6) is -0.592. The number of hydrogen-bond donors (Lipinski definition) is 1. The van der Waals surface area contributed by atoms with Gasteiger partial charge in [-0.15, -0.1) is 0 Å². The number of likely N-dealkylation sites (N-methyl/N-ethyl adjacent to an activating group) is 1. The van der Waals surface area contributed by atoms with Gasteiger partial charge in [0.2, 0.25) is 10.0 Å². The van der Waals surface area contributed by atoms with Gasteiger partial charge in [-0.1, -0.05) is 12.1 Å². The average Bonchev–Trinajstić information content (AvgIpc) is 2.35. The van der Waals surface area contributed by atoms with E-state index in [0.29, 0.717) is 24.2 Å². The van der Waals surface area contributed by atoms with Crippen molar-refractivity contribution in [2.45, 2.75) is 11.8 Å². The highest BCUT2D eigenvalue weighted by molar-refractivity contribution is 7.88. The Morgan fingerprint density at radius 2 is 2.15 bits per heavy atom. The van der Waals surface area contributed by atoms with E-state index in [1.165, 1.54) is 11.4 Å². The maximum atomic E-state index is 12.3. The van der Waals surface area contributed by atoms with Crippen LogP contribution in [0.15, 0.2) is 24.3 Å². The van der Waals surface area contributed by atoms with Crippen molar-refractivity contribution >= 4 is 16.0 Å². The standard InChI is InChI=1S/C13H18N2O4S/c1-15(12-7-14-8-12)20(17,18)9-10-4-3-5-11(6-10)13(16)19-2/h3-6,12,14H,7-9H2,1-2H3. The summed E-state index contributed by atoms with van der Waals surface area (Å²) in [5.41, 5.74) is 0.931. The van der Waals surface area contributed by atoms with Crippen LogP contribution in [0, 0.1) is 0 Å². The molecule has 0 bridgehead atoms. The van der Waals surface area contributed by atoms with Gasteiger partial charge in [0, 0.05) is 26.2 Å². The number of sulfonamides is 1. The predicted octanol–water partition coefficient (Wildman–Crippen LogP) is 0.207. The number of benzene rings is 1. The summed E-state index contributed by atoms with van der Waals surface area (Å²) >= 11 is 0. The molecule has 0 atom stereocenters. The Kier molecular flexibility index (Phi) is 4.42. The Bertz CT molecular complexity index is 596. The molecular formula is C13H18N2O4S. The first kappa shape index (κ1) is 15.0. The molecule has 0 spiro atoms. The van der Waals surface area contributed by atoms with E-state index in [1.807, 2.05) is 0 Å². The number of ether oxygens (including phenoxy) is 1. The molecule has 1 aromatic rings. The molecule has 2 rings (SSSR count). The van der Waals surface area contributed by atoms with Crippen molar-refractivity contribution in [2.75, 3.05) is 27.2 Å². The summed E-state index contributed by atoms with van der Waals surface area (Å²) in [6.07, 6.45) is 0. The summed E-state index contributed by atoms with van der Waals surface area (Å²) in [4.78, 5) is 11.4. The van der Waals surface area contributed by atoms with Crippen LogP contribution in [0.3, 0.4) is 0 Å². The lowest BCUT2D eigenvalue weighted by Crippen LogP contribution is -2.57. The number of methoxy groups -OCH3 is 1. The molecule has 1 aliphatic rings. The van der Waals surface area contributed by atoms with Crippen LogP contribution in [0.4, 0.5) is 0 Å². The van der Waals surface area contributed by atoms with Gasteiger partial charge in [0.1, 0.15) is 0 Å². The van der Waals surface area contributed by atoms with Crippen molar-refractivity contribution in [2.24, 2.45) is 0 Å². The van der Waals surface area contributed by atoms with E-state index in [9.17, 15) is 13.2 Å². The van der Waals surface area contributed by atoms with Gasteiger partial charge in [-0.2, -0.15) is 4.31 Å². The minimum absolute atomic E-state index is 0.0174. The Morgan fingerprint density at radius 3 is 2.70 bits per heavy atom. The zero-order valence-corrected chi connectivity index (χ0v) is 12.3. The van der Waals surface area contributed by atoms with E-state index < -0.39 is 16.0 Å². The Labute approximate surface area is 118 Å². The molecule has 7 heteroatoms. The number of rotatable bonds is 5. The minimum Gasteiger partial charge on any atom is -0.465 e. The van der Waals surface area contributed by atoms with Gasteiger partial charge in [0.25, 0.3) is 0 Å². The Hall–Kier alpha value is -1.44. The van der Waals surface area contributed by atoms with Gasteiger partial charge in [-0.25, -0.2) is 13.2 Å². The highest BCUT2D eigenvalue weighted by atomic mass is 32.2. The minimum atomic E-state index is -3.38. The molecule has 0 saturated carbocycles. The number of carbonyl (C=O) groups is 1. The van der Waals surface area contributed by atoms with E-state index in [1.54, 1.807) is 31.3 Å². The van der Waals surface area contributed by atoms with Gasteiger partial charge < -0.3 is 10.1 Å². The highest BCUT2D eigenvalue weighted by Gasteiger charge is 2.30. The van der Waals surface area contributed by atoms with Crippen LogP contribution in [0.25, 0.3) is 0 Å². The van der Waals surface area contributed by atoms with Crippen LogP contribution in [-0.2, 0) is 20.5 Å². The second-order valence-electron chi connectivity index (χ2n) is 4.78. The fraction of sp³-hybridized carbons (Fsp3) is 0.462. The van der Waals surface area contributed by atoms with E-state index in [-0.39, 0.29) is 11.8 Å². The lowest BCUT2D eigenvalue weighted by molar-refractivity contribution is 0.0600. The van der Waals surface area contributed by atoms with Crippen LogP contribution >= 0.6 is 0 Å². The summed E-state index contributed by atoms with van der Waals surface area (Å²) in [7, 11) is -0.498. The number of hydrogen-bond acceptors (Lipinski definition) is 5. The Morgan fingerprint density at radius 1 is 1.45 bits per heavy atom. The zero-order chi connectivity index (χ0) is 14.8. The number of nitrogens with zero attached hydrogens (tertiary/aromatic N) is 1. The fourth-order valence-corrected chi connectivity index (χ4v) is 3.38. The van der Waals surface area contributed by atoms with Gasteiger partial charge in [0.05, 0.1) is 18.4 Å². The molecule has 110 valence electrons. The third-order valence-corrected chi connectivity index (χ3v) is 5.28. The molecule has 0 aromatic heterocycles. The monoisotopic (exact) mass is 298 g/mol. The number of esters is 1. The highest BCUT2D eigenvalue weighted by Crippen LogP contribution is 2.15. The molecule has 0 radical (unpaired) electrons.